The van der Waals surface area contributed by atoms with Gasteiger partial charge in [0.1, 0.15) is 6.79 Å². The molecular weight excluding hydrogens is 493 g/mol. The number of hydrogen-bond donors (Lipinski definition) is 1. The molecule has 1 N–H and O–H groups in total. The highest BCUT2D eigenvalue weighted by Gasteiger charge is 2.55. The first kappa shape index (κ1) is 33.0. The minimum Gasteiger partial charge on any atom is -0.417 e. The Balaban J connectivity index is 1.97. The molecule has 1 fully saturated rings. The molecular formula is C31H60O4Si2. The molecule has 3 rings (SSSR count). The molecule has 0 aromatic rings. The summed E-state index contributed by atoms with van der Waals surface area (Å²) >= 11 is 0. The van der Waals surface area contributed by atoms with E-state index in [0.717, 1.165) is 32.1 Å². The van der Waals surface area contributed by atoms with E-state index >= 15 is 0 Å². The molecule has 0 heterocycles. The average molecular weight is 553 g/mol. The van der Waals surface area contributed by atoms with E-state index < -0.39 is 22.0 Å². The monoisotopic (exact) mass is 552 g/mol. The van der Waals surface area contributed by atoms with E-state index in [2.05, 4.69) is 106 Å². The van der Waals surface area contributed by atoms with Crippen molar-refractivity contribution >= 4 is 16.4 Å². The summed E-state index contributed by atoms with van der Waals surface area (Å²) in [7, 11) is -2.86. The lowest BCUT2D eigenvalue weighted by Gasteiger charge is -2.57. The Morgan fingerprint density at radius 3 is 2.22 bits per heavy atom. The van der Waals surface area contributed by atoms with Gasteiger partial charge in [-0.15, -0.1) is 0 Å². The van der Waals surface area contributed by atoms with Crippen molar-refractivity contribution in [1.29, 1.82) is 0 Å². The van der Waals surface area contributed by atoms with Crippen molar-refractivity contribution in [2.75, 3.05) is 26.6 Å². The van der Waals surface area contributed by atoms with Gasteiger partial charge in [-0.05, 0) is 66.6 Å². The Labute approximate surface area is 231 Å². The Bertz CT molecular complexity index is 779. The largest absolute Gasteiger partial charge is 0.417 e. The number of rotatable bonds is 14. The van der Waals surface area contributed by atoms with Crippen LogP contribution in [-0.4, -0.2) is 53.7 Å². The Hall–Kier alpha value is -0.246. The lowest BCUT2D eigenvalue weighted by atomic mass is 9.51. The molecule has 0 radical (unpaired) electrons. The maximum absolute atomic E-state index is 11.9. The van der Waals surface area contributed by atoms with E-state index in [0.29, 0.717) is 37.1 Å². The van der Waals surface area contributed by atoms with Crippen molar-refractivity contribution in [3.63, 3.8) is 0 Å². The molecule has 0 saturated heterocycles. The second-order valence-electron chi connectivity index (χ2n) is 15.5. The molecule has 1 saturated carbocycles. The smallest absolute Gasteiger partial charge is 0.191 e. The van der Waals surface area contributed by atoms with E-state index in [1.54, 1.807) is 0 Å². The van der Waals surface area contributed by atoms with Gasteiger partial charge in [-0.3, -0.25) is 0 Å². The molecule has 0 unspecified atom stereocenters. The van der Waals surface area contributed by atoms with E-state index in [9.17, 15) is 5.11 Å². The van der Waals surface area contributed by atoms with Crippen LogP contribution < -0.4 is 0 Å². The van der Waals surface area contributed by atoms with Crippen molar-refractivity contribution in [2.24, 2.45) is 35.0 Å². The van der Waals surface area contributed by atoms with E-state index in [1.807, 2.05) is 0 Å². The Kier molecular flexibility index (Phi) is 11.1. The van der Waals surface area contributed by atoms with Crippen molar-refractivity contribution in [2.45, 2.75) is 111 Å². The summed E-state index contributed by atoms with van der Waals surface area (Å²) in [5, 5.41) is 12.1. The fourth-order valence-electron chi connectivity index (χ4n) is 5.49. The summed E-state index contributed by atoms with van der Waals surface area (Å²) in [6.45, 7) is 30.4. The van der Waals surface area contributed by atoms with Gasteiger partial charge in [0.2, 0.25) is 0 Å². The zero-order valence-corrected chi connectivity index (χ0v) is 28.3. The maximum atomic E-state index is 11.9. The molecule has 3 aliphatic rings. The quantitative estimate of drug-likeness (QED) is 0.102. The number of allylic oxidation sites excluding steroid dienone is 1. The van der Waals surface area contributed by atoms with Crippen LogP contribution >= 0.6 is 0 Å². The summed E-state index contributed by atoms with van der Waals surface area (Å²) in [6, 6.07) is 1.16. The fraction of sp³-hybridized carbons (Fsp3) is 0.871. The molecule has 6 heteroatoms. The van der Waals surface area contributed by atoms with Crippen molar-refractivity contribution in [1.82, 2.24) is 0 Å². The van der Waals surface area contributed by atoms with Crippen LogP contribution in [0.25, 0.3) is 0 Å². The minimum atomic E-state index is -1.80. The standard InChI is InChI=1S/C31H60O4Si2/c1-24(2)28(22-35-37(11,12)29(4,5)6)27-20-30(7)15-14-26(27)19-31(30,32)16-13-25(3)21-34-23-33-17-18-36(8,9)10/h13-16,24-28,32H,17-23H2,1-12H3/b16-13+/t25-,26+,27+,28+,30+,31-/m0/s1. The van der Waals surface area contributed by atoms with Crippen LogP contribution in [-0.2, 0) is 13.9 Å². The first-order valence-corrected chi connectivity index (χ1v) is 21.3. The molecule has 3 aliphatic carbocycles. The van der Waals surface area contributed by atoms with Gasteiger partial charge < -0.3 is 19.0 Å². The molecule has 6 atom stereocenters. The topological polar surface area (TPSA) is 47.9 Å². The third-order valence-corrected chi connectivity index (χ3v) is 15.8. The fourth-order valence-corrected chi connectivity index (χ4v) is 7.29. The predicted octanol–water partition coefficient (Wildman–Crippen LogP) is 8.14. The summed E-state index contributed by atoms with van der Waals surface area (Å²) < 4.78 is 18.2. The predicted molar refractivity (Wildman–Crippen MR) is 163 cm³/mol. The van der Waals surface area contributed by atoms with Crippen LogP contribution in [0.4, 0.5) is 0 Å². The molecule has 0 aromatic carbocycles. The van der Waals surface area contributed by atoms with Crippen molar-refractivity contribution in [3.8, 4) is 0 Å². The number of fused-ring (bicyclic) bond motifs is 2. The number of ether oxygens (including phenoxy) is 2. The van der Waals surface area contributed by atoms with Crippen molar-refractivity contribution < 1.29 is 19.0 Å². The average Bonchev–Trinajstić information content (AvgIpc) is 2.74. The van der Waals surface area contributed by atoms with Gasteiger partial charge in [-0.1, -0.05) is 92.4 Å². The van der Waals surface area contributed by atoms with Crippen LogP contribution in [0.1, 0.15) is 61.3 Å². The third kappa shape index (κ3) is 8.87. The summed E-state index contributed by atoms with van der Waals surface area (Å²) in [5.74, 6) is 2.22. The highest BCUT2D eigenvalue weighted by atomic mass is 28.4. The van der Waals surface area contributed by atoms with E-state index in [-0.39, 0.29) is 16.4 Å². The van der Waals surface area contributed by atoms with Crippen LogP contribution in [0.5, 0.6) is 0 Å². The first-order valence-electron chi connectivity index (χ1n) is 14.7. The second kappa shape index (κ2) is 12.5. The molecule has 216 valence electrons. The zero-order chi connectivity index (χ0) is 28.3. The van der Waals surface area contributed by atoms with Gasteiger partial charge >= 0.3 is 0 Å². The highest BCUT2D eigenvalue weighted by Crippen LogP contribution is 2.57. The lowest BCUT2D eigenvalue weighted by Crippen LogP contribution is -2.56. The van der Waals surface area contributed by atoms with Gasteiger partial charge in [-0.25, -0.2) is 0 Å². The maximum Gasteiger partial charge on any atom is 0.191 e. The van der Waals surface area contributed by atoms with Gasteiger partial charge in [0.25, 0.3) is 0 Å². The minimum absolute atomic E-state index is 0.220. The molecule has 2 bridgehead atoms. The third-order valence-electron chi connectivity index (χ3n) is 9.55. The number of hydrogen-bond acceptors (Lipinski definition) is 4. The van der Waals surface area contributed by atoms with E-state index in [4.69, 9.17) is 13.9 Å². The van der Waals surface area contributed by atoms with Crippen molar-refractivity contribution in [3.05, 3.63) is 24.3 Å². The Morgan fingerprint density at radius 1 is 1.03 bits per heavy atom. The summed E-state index contributed by atoms with van der Waals surface area (Å²) in [4.78, 5) is 0. The molecule has 0 spiro atoms. The zero-order valence-electron chi connectivity index (χ0n) is 26.3. The van der Waals surface area contributed by atoms with Crippen LogP contribution in [0, 0.1) is 35.0 Å². The normalized spacial score (nSPS) is 30.4. The number of aliphatic hydroxyl groups is 1. The van der Waals surface area contributed by atoms with Gasteiger partial charge in [0.15, 0.2) is 8.32 Å². The lowest BCUT2D eigenvalue weighted by molar-refractivity contribution is -0.0997. The summed E-state index contributed by atoms with van der Waals surface area (Å²) in [6.07, 6.45) is 10.7. The summed E-state index contributed by atoms with van der Waals surface area (Å²) in [5.41, 5.74) is -1.07. The SMILES string of the molecule is CC(C)[C@@H](CO[Si](C)(C)C(C)(C)C)[C@@H]1C[C@@]2(C)C=C[C@@H]1C[C@@]2(O)/C=C/[C@H](C)COCOCC[Si](C)(C)C. The molecule has 0 amide bonds. The van der Waals surface area contributed by atoms with E-state index in [1.165, 1.54) is 0 Å². The molecule has 0 aromatic heterocycles. The first-order chi connectivity index (χ1) is 16.8. The van der Waals surface area contributed by atoms with Gasteiger partial charge in [0.05, 0.1) is 12.2 Å². The van der Waals surface area contributed by atoms with Crippen LogP contribution in [0.3, 0.4) is 0 Å². The van der Waals surface area contributed by atoms with Gasteiger partial charge in [-0.2, -0.15) is 0 Å². The second-order valence-corrected chi connectivity index (χ2v) is 25.9. The highest BCUT2D eigenvalue weighted by molar-refractivity contribution is 6.76. The molecule has 4 nitrogen and oxygen atoms in total. The molecule has 0 aliphatic heterocycles. The van der Waals surface area contributed by atoms with Crippen LogP contribution in [0.15, 0.2) is 24.3 Å². The van der Waals surface area contributed by atoms with Gasteiger partial charge in [0, 0.05) is 26.7 Å². The van der Waals surface area contributed by atoms with Crippen LogP contribution in [0.2, 0.25) is 43.8 Å². The molecule has 37 heavy (non-hydrogen) atoms. The Morgan fingerprint density at radius 2 is 1.68 bits per heavy atom.